The average Bonchev–Trinajstić information content (AvgIpc) is 2.91. The Bertz CT molecular complexity index is 712. The van der Waals surface area contributed by atoms with Crippen LogP contribution in [-0.4, -0.2) is 27.8 Å². The summed E-state index contributed by atoms with van der Waals surface area (Å²) in [7, 11) is 0. The van der Waals surface area contributed by atoms with Gasteiger partial charge in [-0.1, -0.05) is 30.7 Å². The van der Waals surface area contributed by atoms with E-state index in [1.54, 1.807) is 16.8 Å². The summed E-state index contributed by atoms with van der Waals surface area (Å²) < 4.78 is 6.61. The summed E-state index contributed by atoms with van der Waals surface area (Å²) in [5.74, 6) is -1.34. The van der Waals surface area contributed by atoms with Gasteiger partial charge in [-0.15, -0.1) is 0 Å². The van der Waals surface area contributed by atoms with Gasteiger partial charge < -0.3 is 10.5 Å². The van der Waals surface area contributed by atoms with E-state index in [-0.39, 0.29) is 5.56 Å². The van der Waals surface area contributed by atoms with Gasteiger partial charge in [0.05, 0.1) is 22.6 Å². The second kappa shape index (κ2) is 6.62. The first kappa shape index (κ1) is 16.0. The lowest BCUT2D eigenvalue weighted by Crippen LogP contribution is -2.30. The number of nitrogens with two attached hydrogens (primary N) is 1. The molecule has 0 unspecified atom stereocenters. The molecule has 6 nitrogen and oxygen atoms in total. The fraction of sp³-hybridized carbons (Fsp3) is 0.267. The van der Waals surface area contributed by atoms with E-state index >= 15 is 0 Å². The van der Waals surface area contributed by atoms with Gasteiger partial charge in [-0.05, 0) is 25.5 Å². The predicted octanol–water partition coefficient (Wildman–Crippen LogP) is 2.12. The van der Waals surface area contributed by atoms with Crippen molar-refractivity contribution >= 4 is 23.5 Å². The Balaban J connectivity index is 2.38. The highest BCUT2D eigenvalue weighted by Gasteiger charge is 2.22. The van der Waals surface area contributed by atoms with E-state index in [9.17, 15) is 9.59 Å². The maximum absolute atomic E-state index is 12.2. The lowest BCUT2D eigenvalue weighted by atomic mass is 10.2. The van der Waals surface area contributed by atoms with Crippen LogP contribution < -0.4 is 5.73 Å². The van der Waals surface area contributed by atoms with Crippen LogP contribution in [0.3, 0.4) is 0 Å². The molecule has 0 radical (unpaired) electrons. The summed E-state index contributed by atoms with van der Waals surface area (Å²) in [6.45, 7) is 3.31. The van der Waals surface area contributed by atoms with Crippen molar-refractivity contribution in [2.75, 3.05) is 0 Å². The zero-order chi connectivity index (χ0) is 16.3. The van der Waals surface area contributed by atoms with Crippen molar-refractivity contribution in [2.24, 2.45) is 5.73 Å². The lowest BCUT2D eigenvalue weighted by molar-refractivity contribution is -0.125. The molecule has 1 atom stereocenters. The Morgan fingerprint density at radius 2 is 2.09 bits per heavy atom. The normalized spacial score (nSPS) is 12.0. The number of nitrogens with zero attached hydrogens (tertiary/aromatic N) is 2. The van der Waals surface area contributed by atoms with Gasteiger partial charge in [0.25, 0.3) is 5.91 Å². The number of hydrogen-bond donors (Lipinski definition) is 1. The number of carbonyl (C=O) groups is 2. The Morgan fingerprint density at radius 3 is 2.68 bits per heavy atom. The van der Waals surface area contributed by atoms with Crippen molar-refractivity contribution in [1.82, 2.24) is 9.78 Å². The van der Waals surface area contributed by atoms with Gasteiger partial charge in [-0.2, -0.15) is 5.10 Å². The highest BCUT2D eigenvalue weighted by atomic mass is 35.5. The van der Waals surface area contributed by atoms with E-state index in [1.165, 1.54) is 13.1 Å². The molecule has 2 rings (SSSR count). The molecule has 7 heteroatoms. The standard InChI is InChI=1S/C15H16ClN3O3/c1-3-12-10(15(21)22-9(2)14(17)20)8-18-19(12)13-7-5-4-6-11(13)16/h4-9H,3H2,1-2H3,(H2,17,20)/t9-/m0/s1. The van der Waals surface area contributed by atoms with Crippen molar-refractivity contribution in [2.45, 2.75) is 26.4 Å². The number of carbonyl (C=O) groups excluding carboxylic acids is 2. The first-order chi connectivity index (χ1) is 10.5. The minimum Gasteiger partial charge on any atom is -0.449 e. The van der Waals surface area contributed by atoms with Crippen LogP contribution in [0.2, 0.25) is 5.02 Å². The molecule has 1 heterocycles. The number of esters is 1. The zero-order valence-corrected chi connectivity index (χ0v) is 13.0. The molecular formula is C15H16ClN3O3. The maximum atomic E-state index is 12.2. The summed E-state index contributed by atoms with van der Waals surface area (Å²) in [6.07, 6.45) is 0.944. The first-order valence-corrected chi connectivity index (χ1v) is 7.15. The van der Waals surface area contributed by atoms with Crippen molar-refractivity contribution in [3.63, 3.8) is 0 Å². The van der Waals surface area contributed by atoms with Gasteiger partial charge in [0.2, 0.25) is 0 Å². The van der Waals surface area contributed by atoms with Gasteiger partial charge in [0.15, 0.2) is 6.10 Å². The van der Waals surface area contributed by atoms with Crippen molar-refractivity contribution in [3.8, 4) is 5.69 Å². The lowest BCUT2D eigenvalue weighted by Gasteiger charge is -2.11. The van der Waals surface area contributed by atoms with Crippen LogP contribution in [-0.2, 0) is 16.0 Å². The molecule has 1 aromatic carbocycles. The molecule has 2 aromatic rings. The van der Waals surface area contributed by atoms with Gasteiger partial charge in [-0.25, -0.2) is 9.48 Å². The highest BCUT2D eigenvalue weighted by molar-refractivity contribution is 6.32. The second-order valence-corrected chi connectivity index (χ2v) is 5.08. The Hall–Kier alpha value is -2.34. The fourth-order valence-electron chi connectivity index (χ4n) is 2.00. The van der Waals surface area contributed by atoms with Crippen LogP contribution >= 0.6 is 11.6 Å². The molecule has 0 bridgehead atoms. The third kappa shape index (κ3) is 3.12. The zero-order valence-electron chi connectivity index (χ0n) is 12.2. The minimum atomic E-state index is -0.999. The van der Waals surface area contributed by atoms with Crippen molar-refractivity contribution < 1.29 is 14.3 Å². The van der Waals surface area contributed by atoms with Crippen LogP contribution in [0.4, 0.5) is 0 Å². The highest BCUT2D eigenvalue weighted by Crippen LogP contribution is 2.23. The molecule has 0 aliphatic carbocycles. The van der Waals surface area contributed by atoms with Gasteiger partial charge in [0, 0.05) is 0 Å². The number of amides is 1. The molecule has 116 valence electrons. The Morgan fingerprint density at radius 1 is 1.41 bits per heavy atom. The van der Waals surface area contributed by atoms with Gasteiger partial charge in [0.1, 0.15) is 5.56 Å². The topological polar surface area (TPSA) is 87.2 Å². The largest absolute Gasteiger partial charge is 0.449 e. The SMILES string of the molecule is CCc1c(C(=O)O[C@@H](C)C(N)=O)cnn1-c1ccccc1Cl. The number of aromatic nitrogens is 2. The number of halogens is 1. The van der Waals surface area contributed by atoms with Crippen LogP contribution in [0, 0.1) is 0 Å². The average molecular weight is 322 g/mol. The fourth-order valence-corrected chi connectivity index (χ4v) is 2.21. The number of primary amides is 1. The molecule has 22 heavy (non-hydrogen) atoms. The van der Waals surface area contributed by atoms with E-state index in [0.29, 0.717) is 22.8 Å². The summed E-state index contributed by atoms with van der Waals surface area (Å²) in [4.78, 5) is 23.2. The third-order valence-corrected chi connectivity index (χ3v) is 3.51. The van der Waals surface area contributed by atoms with Crippen molar-refractivity contribution in [3.05, 3.63) is 46.7 Å². The molecule has 1 aromatic heterocycles. The molecule has 0 fully saturated rings. The van der Waals surface area contributed by atoms with Crippen molar-refractivity contribution in [1.29, 1.82) is 0 Å². The monoisotopic (exact) mass is 321 g/mol. The van der Waals surface area contributed by atoms with Crippen LogP contribution in [0.1, 0.15) is 29.9 Å². The number of benzene rings is 1. The summed E-state index contributed by atoms with van der Waals surface area (Å²) in [5.41, 5.74) is 6.70. The molecule has 0 aliphatic heterocycles. The molecule has 2 N–H and O–H groups in total. The van der Waals surface area contributed by atoms with Crippen LogP contribution in [0.25, 0.3) is 5.69 Å². The van der Waals surface area contributed by atoms with E-state index in [1.807, 2.05) is 19.1 Å². The summed E-state index contributed by atoms with van der Waals surface area (Å²) in [6, 6.07) is 7.18. The molecular weight excluding hydrogens is 306 g/mol. The Labute approximate surface area is 132 Å². The molecule has 0 saturated carbocycles. The summed E-state index contributed by atoms with van der Waals surface area (Å²) in [5, 5.41) is 4.73. The maximum Gasteiger partial charge on any atom is 0.342 e. The van der Waals surface area contributed by atoms with Gasteiger partial charge in [-0.3, -0.25) is 4.79 Å². The molecule has 0 spiro atoms. The van der Waals surface area contributed by atoms with E-state index in [0.717, 1.165) is 0 Å². The number of hydrogen-bond acceptors (Lipinski definition) is 4. The Kier molecular flexibility index (Phi) is 4.82. The van der Waals surface area contributed by atoms with Crippen LogP contribution in [0.15, 0.2) is 30.5 Å². The molecule has 0 saturated heterocycles. The first-order valence-electron chi connectivity index (χ1n) is 6.77. The smallest absolute Gasteiger partial charge is 0.342 e. The summed E-state index contributed by atoms with van der Waals surface area (Å²) >= 11 is 6.16. The number of para-hydroxylation sites is 1. The number of ether oxygens (including phenoxy) is 1. The third-order valence-electron chi connectivity index (χ3n) is 3.19. The van der Waals surface area contributed by atoms with E-state index in [2.05, 4.69) is 5.10 Å². The van der Waals surface area contributed by atoms with E-state index in [4.69, 9.17) is 22.1 Å². The minimum absolute atomic E-state index is 0.288. The van der Waals surface area contributed by atoms with Gasteiger partial charge >= 0.3 is 5.97 Å². The molecule has 0 aliphatic rings. The van der Waals surface area contributed by atoms with Crippen LogP contribution in [0.5, 0.6) is 0 Å². The second-order valence-electron chi connectivity index (χ2n) is 4.67. The quantitative estimate of drug-likeness (QED) is 0.854. The predicted molar refractivity (Wildman–Crippen MR) is 82.0 cm³/mol. The number of rotatable bonds is 5. The molecule has 1 amide bonds. The van der Waals surface area contributed by atoms with E-state index < -0.39 is 18.0 Å².